The van der Waals surface area contributed by atoms with Gasteiger partial charge in [0.05, 0.1) is 18.3 Å². The van der Waals surface area contributed by atoms with Crippen LogP contribution < -0.4 is 5.73 Å². The van der Waals surface area contributed by atoms with Crippen molar-refractivity contribution in [2.45, 2.75) is 6.42 Å². The van der Waals surface area contributed by atoms with Crippen LogP contribution in [-0.4, -0.2) is 15.3 Å². The van der Waals surface area contributed by atoms with Gasteiger partial charge in [0, 0.05) is 11.8 Å². The summed E-state index contributed by atoms with van der Waals surface area (Å²) in [4.78, 5) is 15.6. The third kappa shape index (κ3) is 3.07. The number of imidazole rings is 1. The number of nitrogens with two attached hydrogens (primary N) is 1. The fourth-order valence-corrected chi connectivity index (χ4v) is 3.06. The van der Waals surface area contributed by atoms with Gasteiger partial charge in [-0.3, -0.25) is 9.20 Å². The van der Waals surface area contributed by atoms with Crippen LogP contribution in [0.2, 0.25) is 0 Å². The van der Waals surface area contributed by atoms with Gasteiger partial charge in [0.1, 0.15) is 11.5 Å². The summed E-state index contributed by atoms with van der Waals surface area (Å²) in [5.74, 6) is -0.613. The number of rotatable bonds is 4. The molecule has 0 fully saturated rings. The summed E-state index contributed by atoms with van der Waals surface area (Å²) in [6.45, 7) is 0. The van der Waals surface area contributed by atoms with Gasteiger partial charge in [-0.05, 0) is 47.0 Å². The maximum absolute atomic E-state index is 13.1. The fraction of sp³-hybridized carbons (Fsp3) is 0.0476. The minimum atomic E-state index is -0.357. The molecule has 26 heavy (non-hydrogen) atoms. The van der Waals surface area contributed by atoms with E-state index in [1.807, 2.05) is 47.0 Å². The molecule has 4 rings (SSSR count). The number of amides is 1. The number of primary amides is 1. The Labute approximate surface area is 149 Å². The molecular weight excluding hydrogens is 329 g/mol. The van der Waals surface area contributed by atoms with E-state index in [9.17, 15) is 9.18 Å². The predicted octanol–water partition coefficient (Wildman–Crippen LogP) is 3.84. The van der Waals surface area contributed by atoms with Crippen LogP contribution in [0.4, 0.5) is 4.39 Å². The number of aromatic nitrogens is 2. The molecule has 0 radical (unpaired) electrons. The molecule has 2 N–H and O–H groups in total. The third-order valence-electron chi connectivity index (χ3n) is 4.29. The number of nitrogens with zero attached hydrogens (tertiary/aromatic N) is 2. The van der Waals surface area contributed by atoms with Crippen molar-refractivity contribution >= 4 is 11.6 Å². The zero-order valence-electron chi connectivity index (χ0n) is 13.9. The average molecular weight is 345 g/mol. The molecule has 0 aliphatic carbocycles. The highest BCUT2D eigenvalue weighted by atomic mass is 19.1. The van der Waals surface area contributed by atoms with Crippen molar-refractivity contribution in [3.63, 3.8) is 0 Å². The Balaban J connectivity index is 1.74. The summed E-state index contributed by atoms with van der Waals surface area (Å²) in [6, 6.07) is 18.0. The summed E-state index contributed by atoms with van der Waals surface area (Å²) < 4.78 is 15.1. The van der Waals surface area contributed by atoms with Crippen molar-refractivity contribution in [3.8, 4) is 22.4 Å². The van der Waals surface area contributed by atoms with E-state index < -0.39 is 0 Å². The highest BCUT2D eigenvalue weighted by Crippen LogP contribution is 2.26. The quantitative estimate of drug-likeness (QED) is 0.611. The number of carbonyl (C=O) groups excluding carboxylic acids is 1. The Hall–Kier alpha value is -3.47. The van der Waals surface area contributed by atoms with E-state index in [0.717, 1.165) is 33.6 Å². The Morgan fingerprint density at radius 3 is 2.58 bits per heavy atom. The Kier molecular flexibility index (Phi) is 3.97. The number of pyridine rings is 1. The van der Waals surface area contributed by atoms with Crippen molar-refractivity contribution in [1.29, 1.82) is 0 Å². The molecule has 0 unspecified atom stereocenters. The second kappa shape index (κ2) is 6.44. The van der Waals surface area contributed by atoms with Gasteiger partial charge in [-0.15, -0.1) is 0 Å². The molecule has 0 aliphatic rings. The lowest BCUT2D eigenvalue weighted by molar-refractivity contribution is -0.117. The molecule has 2 aromatic heterocycles. The molecule has 2 heterocycles. The van der Waals surface area contributed by atoms with Crippen LogP contribution in [0.5, 0.6) is 0 Å². The molecule has 0 spiro atoms. The number of benzene rings is 2. The lowest BCUT2D eigenvalue weighted by Crippen LogP contribution is -2.13. The van der Waals surface area contributed by atoms with Gasteiger partial charge in [-0.2, -0.15) is 0 Å². The standard InChI is InChI=1S/C21H16FN3O/c22-18-6-4-15(5-7-18)16-8-9-25-19(13-24-21(25)12-16)17-3-1-2-14(10-17)11-20(23)26/h1-10,12-13H,11H2,(H2,23,26). The van der Waals surface area contributed by atoms with E-state index in [2.05, 4.69) is 4.98 Å². The van der Waals surface area contributed by atoms with Crippen LogP contribution in [0, 0.1) is 5.82 Å². The number of hydrogen-bond donors (Lipinski definition) is 1. The zero-order valence-corrected chi connectivity index (χ0v) is 13.9. The van der Waals surface area contributed by atoms with E-state index in [1.165, 1.54) is 12.1 Å². The zero-order chi connectivity index (χ0) is 18.1. The summed E-state index contributed by atoms with van der Waals surface area (Å²) in [5, 5.41) is 0. The first-order chi connectivity index (χ1) is 12.6. The second-order valence-corrected chi connectivity index (χ2v) is 6.14. The first-order valence-electron chi connectivity index (χ1n) is 8.21. The Morgan fingerprint density at radius 2 is 1.81 bits per heavy atom. The largest absolute Gasteiger partial charge is 0.369 e. The maximum atomic E-state index is 13.1. The Bertz CT molecular complexity index is 1100. The predicted molar refractivity (Wildman–Crippen MR) is 98.9 cm³/mol. The van der Waals surface area contributed by atoms with Crippen LogP contribution in [0.15, 0.2) is 73.1 Å². The average Bonchev–Trinajstić information content (AvgIpc) is 3.05. The third-order valence-corrected chi connectivity index (χ3v) is 4.29. The van der Waals surface area contributed by atoms with Gasteiger partial charge in [-0.1, -0.05) is 30.3 Å². The number of halogens is 1. The minimum Gasteiger partial charge on any atom is -0.369 e. The van der Waals surface area contributed by atoms with Crippen molar-refractivity contribution in [1.82, 2.24) is 9.38 Å². The monoisotopic (exact) mass is 345 g/mol. The molecule has 4 aromatic rings. The van der Waals surface area contributed by atoms with E-state index in [-0.39, 0.29) is 18.1 Å². The highest BCUT2D eigenvalue weighted by molar-refractivity contribution is 5.77. The first kappa shape index (κ1) is 16.0. The lowest BCUT2D eigenvalue weighted by atomic mass is 10.1. The van der Waals surface area contributed by atoms with E-state index in [4.69, 9.17) is 5.73 Å². The van der Waals surface area contributed by atoms with Gasteiger partial charge in [0.25, 0.3) is 0 Å². The van der Waals surface area contributed by atoms with Gasteiger partial charge >= 0.3 is 0 Å². The molecular formula is C21H16FN3O. The van der Waals surface area contributed by atoms with Crippen molar-refractivity contribution < 1.29 is 9.18 Å². The van der Waals surface area contributed by atoms with Gasteiger partial charge < -0.3 is 5.73 Å². The number of carbonyl (C=O) groups is 1. The van der Waals surface area contributed by atoms with E-state index >= 15 is 0 Å². The van der Waals surface area contributed by atoms with Crippen molar-refractivity contribution in [2.24, 2.45) is 5.73 Å². The van der Waals surface area contributed by atoms with Crippen LogP contribution in [0.3, 0.4) is 0 Å². The molecule has 0 saturated heterocycles. The smallest absolute Gasteiger partial charge is 0.221 e. The van der Waals surface area contributed by atoms with Gasteiger partial charge in [0.15, 0.2) is 0 Å². The van der Waals surface area contributed by atoms with Crippen molar-refractivity contribution in [2.75, 3.05) is 0 Å². The molecule has 2 aromatic carbocycles. The normalized spacial score (nSPS) is 11.0. The number of fused-ring (bicyclic) bond motifs is 1. The number of hydrogen-bond acceptors (Lipinski definition) is 2. The van der Waals surface area contributed by atoms with Gasteiger partial charge in [-0.25, -0.2) is 9.37 Å². The summed E-state index contributed by atoms with van der Waals surface area (Å²) in [7, 11) is 0. The molecule has 0 atom stereocenters. The summed E-state index contributed by atoms with van der Waals surface area (Å²) >= 11 is 0. The fourth-order valence-electron chi connectivity index (χ4n) is 3.06. The van der Waals surface area contributed by atoms with E-state index in [1.54, 1.807) is 18.3 Å². The van der Waals surface area contributed by atoms with E-state index in [0.29, 0.717) is 0 Å². The topological polar surface area (TPSA) is 60.4 Å². The molecule has 128 valence electrons. The van der Waals surface area contributed by atoms with Gasteiger partial charge in [0.2, 0.25) is 5.91 Å². The molecule has 0 saturated carbocycles. The highest BCUT2D eigenvalue weighted by Gasteiger charge is 2.09. The summed E-state index contributed by atoms with van der Waals surface area (Å²) in [6.07, 6.45) is 3.95. The molecule has 4 nitrogen and oxygen atoms in total. The SMILES string of the molecule is NC(=O)Cc1cccc(-c2cnc3cc(-c4ccc(F)cc4)ccn23)c1. The maximum Gasteiger partial charge on any atom is 0.221 e. The molecule has 5 heteroatoms. The van der Waals surface area contributed by atoms with Crippen LogP contribution >= 0.6 is 0 Å². The summed E-state index contributed by atoms with van der Waals surface area (Å²) in [5.41, 5.74) is 10.7. The van der Waals surface area contributed by atoms with Crippen LogP contribution in [0.25, 0.3) is 28.0 Å². The minimum absolute atomic E-state index is 0.208. The van der Waals surface area contributed by atoms with Crippen molar-refractivity contribution in [3.05, 3.63) is 84.4 Å². The second-order valence-electron chi connectivity index (χ2n) is 6.14. The first-order valence-corrected chi connectivity index (χ1v) is 8.21. The lowest BCUT2D eigenvalue weighted by Gasteiger charge is -2.06. The molecule has 0 bridgehead atoms. The molecule has 0 aliphatic heterocycles. The molecule has 1 amide bonds. The Morgan fingerprint density at radius 1 is 1.00 bits per heavy atom. The van der Waals surface area contributed by atoms with Crippen LogP contribution in [0.1, 0.15) is 5.56 Å². The van der Waals surface area contributed by atoms with Crippen LogP contribution in [-0.2, 0) is 11.2 Å².